The number of aryl methyl sites for hydroxylation is 1. The van der Waals surface area contributed by atoms with E-state index in [1.807, 2.05) is 25.1 Å². The summed E-state index contributed by atoms with van der Waals surface area (Å²) in [5, 5.41) is 17.7. The van der Waals surface area contributed by atoms with Gasteiger partial charge in [-0.2, -0.15) is 5.10 Å². The van der Waals surface area contributed by atoms with Crippen molar-refractivity contribution in [2.24, 2.45) is 5.92 Å². The normalized spacial score (nSPS) is 19.5. The standard InChI is InChI=1S/C24H29N3O2/c1-18-13-22(26-25-18)14-21-16-27(17-24(21)28)15-20-7-9-23(10-8-20)29-12-11-19-5-3-2-4-6-19/h2-10,13,21,24,28H,11-12,14-17H2,1H3,(H,25,26). The van der Waals surface area contributed by atoms with Gasteiger partial charge in [0.1, 0.15) is 5.75 Å². The van der Waals surface area contributed by atoms with E-state index in [0.717, 1.165) is 43.1 Å². The average Bonchev–Trinajstić information content (AvgIpc) is 3.29. The topological polar surface area (TPSA) is 61.4 Å². The Kier molecular flexibility index (Phi) is 6.27. The maximum absolute atomic E-state index is 10.4. The maximum atomic E-state index is 10.4. The number of hydrogen-bond acceptors (Lipinski definition) is 4. The molecule has 0 radical (unpaired) electrons. The second-order valence-corrected chi connectivity index (χ2v) is 8.00. The van der Waals surface area contributed by atoms with E-state index in [-0.39, 0.29) is 12.0 Å². The molecule has 2 heterocycles. The van der Waals surface area contributed by atoms with Crippen LogP contribution >= 0.6 is 0 Å². The van der Waals surface area contributed by atoms with Crippen molar-refractivity contribution in [2.75, 3.05) is 19.7 Å². The number of aliphatic hydroxyl groups excluding tert-OH is 1. The van der Waals surface area contributed by atoms with E-state index >= 15 is 0 Å². The van der Waals surface area contributed by atoms with E-state index in [0.29, 0.717) is 13.2 Å². The molecular weight excluding hydrogens is 362 g/mol. The van der Waals surface area contributed by atoms with Crippen LogP contribution < -0.4 is 4.74 Å². The molecule has 0 amide bonds. The van der Waals surface area contributed by atoms with Crippen molar-refractivity contribution in [3.8, 4) is 5.75 Å². The van der Waals surface area contributed by atoms with Gasteiger partial charge >= 0.3 is 0 Å². The number of aromatic nitrogens is 2. The first-order valence-corrected chi connectivity index (χ1v) is 10.3. The average molecular weight is 392 g/mol. The van der Waals surface area contributed by atoms with Gasteiger partial charge in [0, 0.05) is 37.7 Å². The molecular formula is C24H29N3O2. The highest BCUT2D eigenvalue weighted by molar-refractivity contribution is 5.27. The molecule has 2 atom stereocenters. The zero-order chi connectivity index (χ0) is 20.1. The molecule has 4 rings (SSSR count). The molecule has 29 heavy (non-hydrogen) atoms. The molecule has 3 aromatic rings. The molecule has 1 saturated heterocycles. The zero-order valence-electron chi connectivity index (χ0n) is 16.9. The van der Waals surface area contributed by atoms with Gasteiger partial charge in [0.15, 0.2) is 0 Å². The highest BCUT2D eigenvalue weighted by Crippen LogP contribution is 2.23. The SMILES string of the molecule is Cc1cc(CC2CN(Cc3ccc(OCCc4ccccc4)cc3)CC2O)n[nH]1. The third-order valence-corrected chi connectivity index (χ3v) is 5.54. The number of ether oxygens (including phenoxy) is 1. The highest BCUT2D eigenvalue weighted by atomic mass is 16.5. The van der Waals surface area contributed by atoms with Gasteiger partial charge < -0.3 is 9.84 Å². The lowest BCUT2D eigenvalue weighted by Crippen LogP contribution is -2.21. The monoisotopic (exact) mass is 391 g/mol. The lowest BCUT2D eigenvalue weighted by Gasteiger charge is -2.16. The first kappa shape index (κ1) is 19.7. The van der Waals surface area contributed by atoms with Gasteiger partial charge in [0.2, 0.25) is 0 Å². The predicted molar refractivity (Wildman–Crippen MR) is 114 cm³/mol. The minimum Gasteiger partial charge on any atom is -0.493 e. The number of hydrogen-bond donors (Lipinski definition) is 2. The van der Waals surface area contributed by atoms with Crippen LogP contribution in [0.4, 0.5) is 0 Å². The molecule has 5 nitrogen and oxygen atoms in total. The molecule has 1 fully saturated rings. The lowest BCUT2D eigenvalue weighted by atomic mass is 10.0. The number of nitrogens with one attached hydrogen (secondary N) is 1. The van der Waals surface area contributed by atoms with Crippen molar-refractivity contribution in [3.05, 3.63) is 83.2 Å². The third kappa shape index (κ3) is 5.46. The molecule has 1 aliphatic heterocycles. The molecule has 1 aliphatic rings. The molecule has 0 spiro atoms. The van der Waals surface area contributed by atoms with Crippen molar-refractivity contribution in [1.29, 1.82) is 0 Å². The molecule has 5 heteroatoms. The van der Waals surface area contributed by atoms with Gasteiger partial charge in [-0.15, -0.1) is 0 Å². The van der Waals surface area contributed by atoms with Crippen LogP contribution in [-0.2, 0) is 19.4 Å². The summed E-state index contributed by atoms with van der Waals surface area (Å²) in [5.74, 6) is 1.14. The smallest absolute Gasteiger partial charge is 0.119 e. The van der Waals surface area contributed by atoms with Crippen LogP contribution in [0, 0.1) is 12.8 Å². The Hall–Kier alpha value is -2.63. The van der Waals surface area contributed by atoms with Crippen LogP contribution in [0.2, 0.25) is 0 Å². The first-order chi connectivity index (χ1) is 14.2. The van der Waals surface area contributed by atoms with Crippen LogP contribution in [-0.4, -0.2) is 46.0 Å². The van der Waals surface area contributed by atoms with Crippen LogP contribution in [0.15, 0.2) is 60.7 Å². The summed E-state index contributed by atoms with van der Waals surface area (Å²) >= 11 is 0. The Morgan fingerprint density at radius 1 is 1.07 bits per heavy atom. The Morgan fingerprint density at radius 2 is 1.86 bits per heavy atom. The Morgan fingerprint density at radius 3 is 2.59 bits per heavy atom. The number of H-pyrrole nitrogens is 1. The first-order valence-electron chi connectivity index (χ1n) is 10.3. The van der Waals surface area contributed by atoms with Crippen LogP contribution in [0.1, 0.15) is 22.5 Å². The van der Waals surface area contributed by atoms with E-state index < -0.39 is 0 Å². The molecule has 0 bridgehead atoms. The van der Waals surface area contributed by atoms with E-state index in [2.05, 4.69) is 57.6 Å². The summed E-state index contributed by atoms with van der Waals surface area (Å²) in [4.78, 5) is 2.32. The van der Waals surface area contributed by atoms with Gasteiger partial charge in [0.05, 0.1) is 18.4 Å². The third-order valence-electron chi connectivity index (χ3n) is 5.54. The fourth-order valence-electron chi connectivity index (χ4n) is 4.00. The Labute approximate surface area is 172 Å². The number of aliphatic hydroxyl groups is 1. The minimum atomic E-state index is -0.299. The van der Waals surface area contributed by atoms with Gasteiger partial charge in [-0.1, -0.05) is 42.5 Å². The van der Waals surface area contributed by atoms with Crippen LogP contribution in [0.5, 0.6) is 5.75 Å². The van der Waals surface area contributed by atoms with Crippen molar-refractivity contribution in [3.63, 3.8) is 0 Å². The van der Waals surface area contributed by atoms with E-state index in [4.69, 9.17) is 4.74 Å². The summed E-state index contributed by atoms with van der Waals surface area (Å²) < 4.78 is 5.87. The summed E-state index contributed by atoms with van der Waals surface area (Å²) in [5.41, 5.74) is 4.63. The molecule has 0 aliphatic carbocycles. The van der Waals surface area contributed by atoms with Crippen molar-refractivity contribution >= 4 is 0 Å². The number of nitrogens with zero attached hydrogens (tertiary/aromatic N) is 2. The van der Waals surface area contributed by atoms with E-state index in [1.54, 1.807) is 0 Å². The van der Waals surface area contributed by atoms with Crippen LogP contribution in [0.25, 0.3) is 0 Å². The molecule has 2 N–H and O–H groups in total. The molecule has 2 unspecified atom stereocenters. The predicted octanol–water partition coefficient (Wildman–Crippen LogP) is 3.38. The van der Waals surface area contributed by atoms with Crippen molar-refractivity contribution < 1.29 is 9.84 Å². The fourth-order valence-corrected chi connectivity index (χ4v) is 4.00. The van der Waals surface area contributed by atoms with Crippen molar-refractivity contribution in [2.45, 2.75) is 32.4 Å². The molecule has 152 valence electrons. The molecule has 2 aromatic carbocycles. The number of benzene rings is 2. The summed E-state index contributed by atoms with van der Waals surface area (Å²) in [6, 6.07) is 20.8. The summed E-state index contributed by atoms with van der Waals surface area (Å²) in [6.45, 7) is 5.13. The van der Waals surface area contributed by atoms with Crippen molar-refractivity contribution in [1.82, 2.24) is 15.1 Å². The Balaban J connectivity index is 1.24. The second-order valence-electron chi connectivity index (χ2n) is 8.00. The maximum Gasteiger partial charge on any atom is 0.119 e. The summed E-state index contributed by atoms with van der Waals surface area (Å²) in [6.07, 6.45) is 1.43. The number of likely N-dealkylation sites (tertiary alicyclic amines) is 1. The van der Waals surface area contributed by atoms with Crippen LogP contribution in [0.3, 0.4) is 0 Å². The molecule has 1 aromatic heterocycles. The number of rotatable bonds is 8. The lowest BCUT2D eigenvalue weighted by molar-refractivity contribution is 0.140. The Bertz CT molecular complexity index is 892. The number of β-amino-alcohol motifs (C(OH)–C–C–N with tert-alkyl or cyclic N) is 1. The van der Waals surface area contributed by atoms with Gasteiger partial charge in [0.25, 0.3) is 0 Å². The number of aromatic amines is 1. The zero-order valence-corrected chi connectivity index (χ0v) is 16.9. The second kappa shape index (κ2) is 9.25. The van der Waals surface area contributed by atoms with E-state index in [1.165, 1.54) is 11.1 Å². The van der Waals surface area contributed by atoms with Gasteiger partial charge in [-0.25, -0.2) is 0 Å². The summed E-state index contributed by atoms with van der Waals surface area (Å²) in [7, 11) is 0. The quantitative estimate of drug-likeness (QED) is 0.618. The highest BCUT2D eigenvalue weighted by Gasteiger charge is 2.31. The van der Waals surface area contributed by atoms with Gasteiger partial charge in [-0.3, -0.25) is 10.00 Å². The van der Waals surface area contributed by atoms with Gasteiger partial charge in [-0.05, 0) is 42.7 Å². The fraction of sp³-hybridized carbons (Fsp3) is 0.375. The largest absolute Gasteiger partial charge is 0.493 e. The molecule has 0 saturated carbocycles. The minimum absolute atomic E-state index is 0.235. The van der Waals surface area contributed by atoms with E-state index in [9.17, 15) is 5.11 Å².